The Kier molecular flexibility index (Phi) is 7.38. The van der Waals surface area contributed by atoms with Crippen molar-refractivity contribution in [2.24, 2.45) is 0 Å². The fourth-order valence-corrected chi connectivity index (χ4v) is 4.56. The fourth-order valence-electron chi connectivity index (χ4n) is 3.04. The molecule has 0 aromatic heterocycles. The lowest BCUT2D eigenvalue weighted by atomic mass is 10.0. The maximum atomic E-state index is 13.4. The Morgan fingerprint density at radius 2 is 1.53 bits per heavy atom. The first-order valence-corrected chi connectivity index (χ1v) is 11.8. The molecular formula is C25H24ClNO4S. The molecule has 0 aliphatic heterocycles. The van der Waals surface area contributed by atoms with Crippen molar-refractivity contribution in [3.05, 3.63) is 95.0 Å². The first-order chi connectivity index (χ1) is 15.2. The van der Waals surface area contributed by atoms with Crippen molar-refractivity contribution >= 4 is 39.3 Å². The van der Waals surface area contributed by atoms with Gasteiger partial charge < -0.3 is 4.74 Å². The van der Waals surface area contributed by atoms with Gasteiger partial charge in [0, 0.05) is 11.1 Å². The second-order valence-electron chi connectivity index (χ2n) is 7.41. The molecule has 3 aromatic rings. The number of benzene rings is 3. The van der Waals surface area contributed by atoms with Gasteiger partial charge in [0.1, 0.15) is 5.75 Å². The predicted octanol–water partition coefficient (Wildman–Crippen LogP) is 5.91. The molecule has 0 radical (unpaired) electrons. The average Bonchev–Trinajstić information content (AvgIpc) is 2.78. The highest BCUT2D eigenvalue weighted by molar-refractivity contribution is 7.93. The molecule has 0 atom stereocenters. The largest absolute Gasteiger partial charge is 0.497 e. The lowest BCUT2D eigenvalue weighted by molar-refractivity contribution is -0.113. The van der Waals surface area contributed by atoms with Gasteiger partial charge in [0.05, 0.1) is 17.7 Å². The highest BCUT2D eigenvalue weighted by Crippen LogP contribution is 2.27. The third-order valence-corrected chi connectivity index (χ3v) is 6.87. The number of sulfonamides is 1. The first kappa shape index (κ1) is 23.6. The van der Waals surface area contributed by atoms with Crippen LogP contribution in [-0.2, 0) is 14.8 Å². The number of hydrogen-bond donors (Lipinski definition) is 0. The summed E-state index contributed by atoms with van der Waals surface area (Å²) in [6, 6.07) is 19.7. The van der Waals surface area contributed by atoms with E-state index in [1.165, 1.54) is 55.1 Å². The highest BCUT2D eigenvalue weighted by atomic mass is 35.5. The van der Waals surface area contributed by atoms with Gasteiger partial charge in [-0.1, -0.05) is 49.7 Å². The normalized spacial score (nSPS) is 11.7. The summed E-state index contributed by atoms with van der Waals surface area (Å²) in [6.45, 7) is 4.20. The zero-order valence-corrected chi connectivity index (χ0v) is 19.6. The average molecular weight is 470 g/mol. The Morgan fingerprint density at radius 1 is 0.938 bits per heavy atom. The second kappa shape index (κ2) is 10.0. The lowest BCUT2D eigenvalue weighted by Gasteiger charge is -2.21. The van der Waals surface area contributed by atoms with Crippen LogP contribution in [0.5, 0.6) is 5.75 Å². The van der Waals surface area contributed by atoms with Crippen LogP contribution in [0, 0.1) is 0 Å². The summed E-state index contributed by atoms with van der Waals surface area (Å²) in [7, 11) is -2.67. The van der Waals surface area contributed by atoms with Crippen molar-refractivity contribution in [3.63, 3.8) is 0 Å². The van der Waals surface area contributed by atoms with Gasteiger partial charge in [-0.15, -0.1) is 0 Å². The molecule has 0 unspecified atom stereocenters. The summed E-state index contributed by atoms with van der Waals surface area (Å²) >= 11 is 5.90. The summed E-state index contributed by atoms with van der Waals surface area (Å²) in [5.41, 5.74) is 2.17. The molecule has 1 amide bonds. The SMILES string of the molecule is COc1ccc(N(C(=O)/C=C/c2ccc(C(C)C)cc2)S(=O)(=O)c2ccc(Cl)cc2)cc1. The molecule has 0 fully saturated rings. The summed E-state index contributed by atoms with van der Waals surface area (Å²) < 4.78 is 32.7. The van der Waals surface area contributed by atoms with Gasteiger partial charge in [0.25, 0.3) is 15.9 Å². The van der Waals surface area contributed by atoms with Crippen LogP contribution < -0.4 is 9.04 Å². The van der Waals surface area contributed by atoms with E-state index in [1.54, 1.807) is 18.2 Å². The van der Waals surface area contributed by atoms with Gasteiger partial charge >= 0.3 is 0 Å². The monoisotopic (exact) mass is 469 g/mol. The maximum absolute atomic E-state index is 13.4. The molecule has 5 nitrogen and oxygen atoms in total. The standard InChI is InChI=1S/C25H24ClNO4S/c1-18(2)20-7-4-19(5-8-20)6-17-25(28)27(22-11-13-23(31-3)14-12-22)32(29,30)24-15-9-21(26)10-16-24/h4-18H,1-3H3/b17-6+. The van der Waals surface area contributed by atoms with Gasteiger partial charge in [0.2, 0.25) is 0 Å². The number of carbonyl (C=O) groups is 1. The molecule has 0 spiro atoms. The zero-order chi connectivity index (χ0) is 23.3. The molecule has 3 aromatic carbocycles. The van der Waals surface area contributed by atoms with Crippen LogP contribution >= 0.6 is 11.6 Å². The number of hydrogen-bond acceptors (Lipinski definition) is 4. The summed E-state index contributed by atoms with van der Waals surface area (Å²) in [5, 5.41) is 0.399. The van der Waals surface area contributed by atoms with Gasteiger partial charge in [-0.3, -0.25) is 4.79 Å². The predicted molar refractivity (Wildman–Crippen MR) is 129 cm³/mol. The molecule has 0 N–H and O–H groups in total. The third-order valence-electron chi connectivity index (χ3n) is 4.88. The molecule has 32 heavy (non-hydrogen) atoms. The van der Waals surface area contributed by atoms with Crippen molar-refractivity contribution in [2.75, 3.05) is 11.4 Å². The molecule has 0 aliphatic rings. The van der Waals surface area contributed by atoms with Gasteiger partial charge in [-0.05, 0) is 71.7 Å². The van der Waals surface area contributed by atoms with E-state index in [-0.39, 0.29) is 10.6 Å². The lowest BCUT2D eigenvalue weighted by Crippen LogP contribution is -2.35. The Morgan fingerprint density at radius 3 is 2.06 bits per heavy atom. The van der Waals surface area contributed by atoms with Crippen molar-refractivity contribution < 1.29 is 17.9 Å². The zero-order valence-electron chi connectivity index (χ0n) is 18.0. The van der Waals surface area contributed by atoms with E-state index in [1.807, 2.05) is 24.3 Å². The van der Waals surface area contributed by atoms with Crippen LogP contribution in [0.2, 0.25) is 5.02 Å². The van der Waals surface area contributed by atoms with Gasteiger partial charge in [0.15, 0.2) is 0 Å². The minimum absolute atomic E-state index is 0.0410. The molecule has 0 saturated carbocycles. The van der Waals surface area contributed by atoms with E-state index in [0.29, 0.717) is 16.7 Å². The minimum atomic E-state index is -4.18. The Labute approximate surface area is 194 Å². The van der Waals surface area contributed by atoms with Crippen LogP contribution in [0.4, 0.5) is 5.69 Å². The molecule has 7 heteroatoms. The van der Waals surface area contributed by atoms with Crippen molar-refractivity contribution in [2.45, 2.75) is 24.7 Å². The third kappa shape index (κ3) is 5.39. The molecule has 0 heterocycles. The van der Waals surface area contributed by atoms with E-state index in [2.05, 4.69) is 13.8 Å². The topological polar surface area (TPSA) is 63.7 Å². The van der Waals surface area contributed by atoms with Crippen molar-refractivity contribution in [3.8, 4) is 5.75 Å². The van der Waals surface area contributed by atoms with Crippen molar-refractivity contribution in [1.82, 2.24) is 0 Å². The van der Waals surface area contributed by atoms with E-state index in [9.17, 15) is 13.2 Å². The molecule has 0 aliphatic carbocycles. The van der Waals surface area contributed by atoms with Crippen LogP contribution in [0.1, 0.15) is 30.9 Å². The van der Waals surface area contributed by atoms with Gasteiger partial charge in [-0.2, -0.15) is 4.31 Å². The molecule has 0 bridgehead atoms. The first-order valence-electron chi connectivity index (χ1n) is 9.99. The smallest absolute Gasteiger partial charge is 0.271 e. The molecular weight excluding hydrogens is 446 g/mol. The Hall–Kier alpha value is -3.09. The van der Waals surface area contributed by atoms with Crippen LogP contribution in [0.3, 0.4) is 0 Å². The van der Waals surface area contributed by atoms with Crippen LogP contribution in [-0.4, -0.2) is 21.4 Å². The van der Waals surface area contributed by atoms with E-state index >= 15 is 0 Å². The number of carbonyl (C=O) groups excluding carboxylic acids is 1. The minimum Gasteiger partial charge on any atom is -0.497 e. The van der Waals surface area contributed by atoms with E-state index in [0.717, 1.165) is 9.87 Å². The number of anilines is 1. The van der Waals surface area contributed by atoms with Gasteiger partial charge in [-0.25, -0.2) is 8.42 Å². The molecule has 3 rings (SSSR count). The fraction of sp³-hybridized carbons (Fsp3) is 0.160. The number of ether oxygens (including phenoxy) is 1. The number of halogens is 1. The Balaban J connectivity index is 1.99. The summed E-state index contributed by atoms with van der Waals surface area (Å²) in [4.78, 5) is 13.1. The number of methoxy groups -OCH3 is 1. The molecule has 0 saturated heterocycles. The van der Waals surface area contributed by atoms with Crippen LogP contribution in [0.15, 0.2) is 83.8 Å². The van der Waals surface area contributed by atoms with E-state index in [4.69, 9.17) is 16.3 Å². The maximum Gasteiger partial charge on any atom is 0.271 e. The highest BCUT2D eigenvalue weighted by Gasteiger charge is 2.29. The Bertz CT molecular complexity index is 1200. The summed E-state index contributed by atoms with van der Waals surface area (Å²) in [5.74, 6) is 0.244. The number of rotatable bonds is 7. The second-order valence-corrected chi connectivity index (χ2v) is 9.64. The number of amides is 1. The van der Waals surface area contributed by atoms with Crippen LogP contribution in [0.25, 0.3) is 6.08 Å². The number of nitrogens with zero attached hydrogens (tertiary/aromatic N) is 1. The quantitative estimate of drug-likeness (QED) is 0.403. The summed E-state index contributed by atoms with van der Waals surface area (Å²) in [6.07, 6.45) is 2.85. The van der Waals surface area contributed by atoms with E-state index < -0.39 is 15.9 Å². The van der Waals surface area contributed by atoms with Crippen molar-refractivity contribution in [1.29, 1.82) is 0 Å². The molecule has 166 valence electrons.